The molecule has 1 aromatic heterocycles. The molecule has 0 bridgehead atoms. The molecule has 0 spiro atoms. The lowest BCUT2D eigenvalue weighted by molar-refractivity contribution is 0.324. The van der Waals surface area contributed by atoms with Gasteiger partial charge in [0.25, 0.3) is 0 Å². The highest BCUT2D eigenvalue weighted by Gasteiger charge is 2.13. The van der Waals surface area contributed by atoms with Crippen LogP contribution in [0, 0.1) is 0 Å². The molecule has 0 saturated carbocycles. The fraction of sp³-hybridized carbons (Fsp3) is 0.263. The number of hydrogen-bond acceptors (Lipinski definition) is 3. The first-order valence-corrected chi connectivity index (χ1v) is 7.60. The SMILES string of the molecule is COc1cc(CCc2ccc3[nH]ccc3c2)cc(OC)c1OC. The molecule has 2 aromatic carbocycles. The molecular formula is C19H21NO3. The third kappa shape index (κ3) is 3.11. The number of aromatic amines is 1. The van der Waals surface area contributed by atoms with Crippen LogP contribution in [0.2, 0.25) is 0 Å². The van der Waals surface area contributed by atoms with Crippen LogP contribution >= 0.6 is 0 Å². The number of aryl methyl sites for hydroxylation is 2. The van der Waals surface area contributed by atoms with Gasteiger partial charge >= 0.3 is 0 Å². The second kappa shape index (κ2) is 6.65. The van der Waals surface area contributed by atoms with Gasteiger partial charge in [0.05, 0.1) is 21.3 Å². The Morgan fingerprint density at radius 3 is 2.13 bits per heavy atom. The van der Waals surface area contributed by atoms with Crippen molar-refractivity contribution < 1.29 is 14.2 Å². The van der Waals surface area contributed by atoms with E-state index in [1.807, 2.05) is 18.3 Å². The smallest absolute Gasteiger partial charge is 0.203 e. The summed E-state index contributed by atoms with van der Waals surface area (Å²) >= 11 is 0. The molecule has 0 aliphatic carbocycles. The molecule has 1 heterocycles. The van der Waals surface area contributed by atoms with Crippen LogP contribution in [0.1, 0.15) is 11.1 Å². The van der Waals surface area contributed by atoms with Gasteiger partial charge in [0.2, 0.25) is 5.75 Å². The van der Waals surface area contributed by atoms with Crippen molar-refractivity contribution in [2.75, 3.05) is 21.3 Å². The van der Waals surface area contributed by atoms with E-state index in [0.29, 0.717) is 17.2 Å². The lowest BCUT2D eigenvalue weighted by Crippen LogP contribution is -1.98. The summed E-state index contributed by atoms with van der Waals surface area (Å²) in [5.41, 5.74) is 3.64. The third-order valence-corrected chi connectivity index (χ3v) is 4.04. The van der Waals surface area contributed by atoms with Gasteiger partial charge in [0.15, 0.2) is 11.5 Å². The zero-order chi connectivity index (χ0) is 16.2. The van der Waals surface area contributed by atoms with Crippen LogP contribution in [0.4, 0.5) is 0 Å². The van der Waals surface area contributed by atoms with Crippen molar-refractivity contribution in [3.05, 3.63) is 53.7 Å². The molecule has 0 aliphatic heterocycles. The zero-order valence-corrected chi connectivity index (χ0v) is 13.7. The van der Waals surface area contributed by atoms with Gasteiger partial charge in [0, 0.05) is 11.7 Å². The number of aromatic nitrogens is 1. The summed E-state index contributed by atoms with van der Waals surface area (Å²) in [4.78, 5) is 3.22. The molecule has 3 rings (SSSR count). The molecule has 0 saturated heterocycles. The van der Waals surface area contributed by atoms with E-state index in [1.165, 1.54) is 16.5 Å². The van der Waals surface area contributed by atoms with Crippen LogP contribution in [-0.2, 0) is 12.8 Å². The summed E-state index contributed by atoms with van der Waals surface area (Å²) in [5.74, 6) is 2.03. The van der Waals surface area contributed by atoms with Crippen LogP contribution in [0.3, 0.4) is 0 Å². The van der Waals surface area contributed by atoms with Crippen LogP contribution in [-0.4, -0.2) is 26.3 Å². The highest BCUT2D eigenvalue weighted by Crippen LogP contribution is 2.38. The average molecular weight is 311 g/mol. The molecule has 1 N–H and O–H groups in total. The molecule has 0 fully saturated rings. The van der Waals surface area contributed by atoms with E-state index in [1.54, 1.807) is 21.3 Å². The van der Waals surface area contributed by atoms with Gasteiger partial charge < -0.3 is 19.2 Å². The van der Waals surface area contributed by atoms with Gasteiger partial charge in [0.1, 0.15) is 0 Å². The molecule has 0 radical (unpaired) electrons. The molecule has 23 heavy (non-hydrogen) atoms. The molecule has 0 atom stereocenters. The molecule has 3 aromatic rings. The normalized spacial score (nSPS) is 10.7. The summed E-state index contributed by atoms with van der Waals surface area (Å²) in [6, 6.07) is 12.6. The maximum absolute atomic E-state index is 5.41. The average Bonchev–Trinajstić information content (AvgIpc) is 3.06. The first kappa shape index (κ1) is 15.3. The number of ether oxygens (including phenoxy) is 3. The topological polar surface area (TPSA) is 43.5 Å². The van der Waals surface area contributed by atoms with Crippen LogP contribution in [0.15, 0.2) is 42.6 Å². The second-order valence-electron chi connectivity index (χ2n) is 5.43. The van der Waals surface area contributed by atoms with Crippen LogP contribution < -0.4 is 14.2 Å². The molecule has 0 aliphatic rings. The number of H-pyrrole nitrogens is 1. The van der Waals surface area contributed by atoms with Gasteiger partial charge in [-0.25, -0.2) is 0 Å². The van der Waals surface area contributed by atoms with Gasteiger partial charge in [-0.2, -0.15) is 0 Å². The van der Waals surface area contributed by atoms with Crippen molar-refractivity contribution in [3.63, 3.8) is 0 Å². The number of nitrogens with one attached hydrogen (secondary N) is 1. The third-order valence-electron chi connectivity index (χ3n) is 4.04. The summed E-state index contributed by atoms with van der Waals surface area (Å²) in [6.45, 7) is 0. The minimum absolute atomic E-state index is 0.632. The van der Waals surface area contributed by atoms with Crippen LogP contribution in [0.5, 0.6) is 17.2 Å². The molecule has 4 heteroatoms. The Labute approximate surface area is 136 Å². The van der Waals surface area contributed by atoms with Crippen molar-refractivity contribution in [3.8, 4) is 17.2 Å². The Bertz CT molecular complexity index is 782. The van der Waals surface area contributed by atoms with E-state index >= 15 is 0 Å². The Hall–Kier alpha value is -2.62. The largest absolute Gasteiger partial charge is 0.493 e. The zero-order valence-electron chi connectivity index (χ0n) is 13.7. The predicted octanol–water partition coefficient (Wildman–Crippen LogP) is 3.98. The van der Waals surface area contributed by atoms with Gasteiger partial charge in [-0.3, -0.25) is 0 Å². The van der Waals surface area contributed by atoms with Gasteiger partial charge in [-0.1, -0.05) is 6.07 Å². The van der Waals surface area contributed by atoms with Gasteiger partial charge in [-0.05, 0) is 59.7 Å². The minimum atomic E-state index is 0.632. The van der Waals surface area contributed by atoms with E-state index in [9.17, 15) is 0 Å². The fourth-order valence-electron chi connectivity index (χ4n) is 2.83. The number of hydrogen-bond donors (Lipinski definition) is 1. The highest BCUT2D eigenvalue weighted by atomic mass is 16.5. The number of benzene rings is 2. The predicted molar refractivity (Wildman–Crippen MR) is 91.8 cm³/mol. The molecule has 4 nitrogen and oxygen atoms in total. The van der Waals surface area contributed by atoms with Crippen molar-refractivity contribution in [2.24, 2.45) is 0 Å². The Balaban J connectivity index is 1.81. The van der Waals surface area contributed by atoms with Gasteiger partial charge in [-0.15, -0.1) is 0 Å². The summed E-state index contributed by atoms with van der Waals surface area (Å²) in [5, 5.41) is 1.24. The van der Waals surface area contributed by atoms with Crippen molar-refractivity contribution in [2.45, 2.75) is 12.8 Å². The van der Waals surface area contributed by atoms with Crippen molar-refractivity contribution in [1.29, 1.82) is 0 Å². The van der Waals surface area contributed by atoms with Crippen molar-refractivity contribution >= 4 is 10.9 Å². The quantitative estimate of drug-likeness (QED) is 0.749. The Kier molecular flexibility index (Phi) is 4.42. The minimum Gasteiger partial charge on any atom is -0.493 e. The number of rotatable bonds is 6. The summed E-state index contributed by atoms with van der Waals surface area (Å²) < 4.78 is 16.2. The summed E-state index contributed by atoms with van der Waals surface area (Å²) in [6.07, 6.45) is 3.83. The summed E-state index contributed by atoms with van der Waals surface area (Å²) in [7, 11) is 4.90. The molecule has 120 valence electrons. The Morgan fingerprint density at radius 1 is 0.783 bits per heavy atom. The monoisotopic (exact) mass is 311 g/mol. The van der Waals surface area contributed by atoms with E-state index in [0.717, 1.165) is 18.4 Å². The van der Waals surface area contributed by atoms with E-state index in [-0.39, 0.29) is 0 Å². The first-order valence-electron chi connectivity index (χ1n) is 7.60. The first-order chi connectivity index (χ1) is 11.2. The lowest BCUT2D eigenvalue weighted by atomic mass is 10.0. The standard InChI is InChI=1S/C19H21NO3/c1-21-17-11-14(12-18(22-2)19(17)23-3)5-4-13-6-7-16-15(10-13)8-9-20-16/h6-12,20H,4-5H2,1-3H3. The highest BCUT2D eigenvalue weighted by molar-refractivity contribution is 5.79. The Morgan fingerprint density at radius 2 is 1.48 bits per heavy atom. The molecular weight excluding hydrogens is 290 g/mol. The number of fused-ring (bicyclic) bond motifs is 1. The van der Waals surface area contributed by atoms with E-state index in [2.05, 4.69) is 29.2 Å². The van der Waals surface area contributed by atoms with Crippen molar-refractivity contribution in [1.82, 2.24) is 4.98 Å². The fourth-order valence-corrected chi connectivity index (χ4v) is 2.83. The second-order valence-corrected chi connectivity index (χ2v) is 5.43. The van der Waals surface area contributed by atoms with E-state index < -0.39 is 0 Å². The molecule has 0 unspecified atom stereocenters. The number of methoxy groups -OCH3 is 3. The van der Waals surface area contributed by atoms with Crippen LogP contribution in [0.25, 0.3) is 10.9 Å². The molecule has 0 amide bonds. The maximum atomic E-state index is 5.41. The maximum Gasteiger partial charge on any atom is 0.203 e. The van der Waals surface area contributed by atoms with E-state index in [4.69, 9.17) is 14.2 Å². The lowest BCUT2D eigenvalue weighted by Gasteiger charge is -2.14.